The first-order valence-electron chi connectivity index (χ1n) is 8.81. The van der Waals surface area contributed by atoms with Gasteiger partial charge in [-0.25, -0.2) is 4.98 Å². The van der Waals surface area contributed by atoms with Gasteiger partial charge in [0.15, 0.2) is 5.82 Å². The lowest BCUT2D eigenvalue weighted by molar-refractivity contribution is 0.418. The van der Waals surface area contributed by atoms with E-state index in [4.69, 9.17) is 13.5 Å². The molecule has 0 aliphatic carbocycles. The molecule has 0 bridgehead atoms. The van der Waals surface area contributed by atoms with Gasteiger partial charge in [-0.3, -0.25) is 0 Å². The number of nitrogens with zero attached hydrogens (tertiary/aromatic N) is 4. The fourth-order valence-electron chi connectivity index (χ4n) is 3.11. The summed E-state index contributed by atoms with van der Waals surface area (Å²) in [6.45, 7) is 7.74. The van der Waals surface area contributed by atoms with Crippen molar-refractivity contribution in [1.82, 2.24) is 25.6 Å². The molecule has 0 saturated carbocycles. The molecule has 8 nitrogen and oxygen atoms in total. The molecule has 4 aromatic heterocycles. The lowest BCUT2D eigenvalue weighted by atomic mass is 10.1. The summed E-state index contributed by atoms with van der Waals surface area (Å²) in [6, 6.07) is 4.12. The summed E-state index contributed by atoms with van der Waals surface area (Å²) < 4.78 is 16.6. The normalized spacial score (nSPS) is 12.8. The molecule has 0 fully saturated rings. The Balaban J connectivity index is 1.86. The summed E-state index contributed by atoms with van der Waals surface area (Å²) in [5, 5.41) is 12.1. The van der Waals surface area contributed by atoms with Gasteiger partial charge in [0, 0.05) is 18.0 Å². The zero-order valence-electron chi connectivity index (χ0n) is 16.0. The maximum Gasteiger partial charge on any atom is 0.259 e. The van der Waals surface area contributed by atoms with E-state index in [2.05, 4.69) is 32.5 Å². The van der Waals surface area contributed by atoms with Crippen LogP contribution in [0, 0.1) is 20.8 Å². The number of aryl methyl sites for hydroxylation is 3. The average Bonchev–Trinajstić information content (AvgIpc) is 3.34. The van der Waals surface area contributed by atoms with Crippen LogP contribution in [-0.2, 0) is 6.42 Å². The van der Waals surface area contributed by atoms with Crippen LogP contribution in [0.4, 0.5) is 0 Å². The summed E-state index contributed by atoms with van der Waals surface area (Å²) in [5.41, 5.74) is 3.52. The molecule has 4 heterocycles. The van der Waals surface area contributed by atoms with Crippen LogP contribution in [0.15, 0.2) is 25.6 Å². The van der Waals surface area contributed by atoms with Crippen molar-refractivity contribution in [3.8, 4) is 22.7 Å². The van der Waals surface area contributed by atoms with Gasteiger partial charge in [-0.1, -0.05) is 10.3 Å². The van der Waals surface area contributed by atoms with Gasteiger partial charge in [0.05, 0.1) is 22.3 Å². The Kier molecular flexibility index (Phi) is 4.27. The Bertz CT molecular complexity index is 1110. The van der Waals surface area contributed by atoms with Crippen LogP contribution in [0.2, 0.25) is 0 Å². The highest BCUT2D eigenvalue weighted by Crippen LogP contribution is 2.34. The number of fused-ring (bicyclic) bond motifs is 1. The predicted molar refractivity (Wildman–Crippen MR) is 99.2 cm³/mol. The summed E-state index contributed by atoms with van der Waals surface area (Å²) in [4.78, 5) is 9.17. The van der Waals surface area contributed by atoms with Gasteiger partial charge in [-0.05, 0) is 46.9 Å². The van der Waals surface area contributed by atoms with Crippen molar-refractivity contribution in [3.63, 3.8) is 0 Å². The first-order chi connectivity index (χ1) is 13.0. The molecule has 8 heteroatoms. The van der Waals surface area contributed by atoms with Gasteiger partial charge in [-0.2, -0.15) is 4.98 Å². The van der Waals surface area contributed by atoms with Crippen LogP contribution < -0.4 is 5.32 Å². The topological polar surface area (TPSA) is 103 Å². The highest BCUT2D eigenvalue weighted by molar-refractivity contribution is 5.93. The summed E-state index contributed by atoms with van der Waals surface area (Å²) >= 11 is 0. The van der Waals surface area contributed by atoms with E-state index in [1.54, 1.807) is 0 Å². The molecule has 1 unspecified atom stereocenters. The third-order valence-corrected chi connectivity index (χ3v) is 4.61. The lowest BCUT2D eigenvalue weighted by Crippen LogP contribution is -2.24. The first-order valence-corrected chi connectivity index (χ1v) is 8.81. The smallest absolute Gasteiger partial charge is 0.259 e. The maximum absolute atomic E-state index is 5.65. The molecule has 0 aliphatic rings. The third kappa shape index (κ3) is 3.12. The van der Waals surface area contributed by atoms with E-state index < -0.39 is 0 Å². The molecule has 27 heavy (non-hydrogen) atoms. The monoisotopic (exact) mass is 367 g/mol. The first kappa shape index (κ1) is 17.4. The predicted octanol–water partition coefficient (Wildman–Crippen LogP) is 3.61. The number of furan rings is 1. The third-order valence-electron chi connectivity index (χ3n) is 4.61. The Morgan fingerprint density at radius 2 is 1.85 bits per heavy atom. The highest BCUT2D eigenvalue weighted by atomic mass is 16.5. The van der Waals surface area contributed by atoms with Crippen molar-refractivity contribution in [2.75, 3.05) is 7.05 Å². The van der Waals surface area contributed by atoms with Crippen LogP contribution in [0.3, 0.4) is 0 Å². The SMILES string of the molecule is CNC(C)Cc1noc(-c2cc(-c3cc(C)oc3C)nc3onc(C)c23)n1. The van der Waals surface area contributed by atoms with Gasteiger partial charge >= 0.3 is 0 Å². The van der Waals surface area contributed by atoms with Crippen molar-refractivity contribution in [1.29, 1.82) is 0 Å². The van der Waals surface area contributed by atoms with Gasteiger partial charge in [-0.15, -0.1) is 0 Å². The number of nitrogens with one attached hydrogen (secondary N) is 1. The van der Waals surface area contributed by atoms with Gasteiger partial charge < -0.3 is 18.8 Å². The molecule has 4 aromatic rings. The number of hydrogen-bond donors (Lipinski definition) is 1. The van der Waals surface area contributed by atoms with E-state index in [1.807, 2.05) is 40.0 Å². The molecular weight excluding hydrogens is 346 g/mol. The van der Waals surface area contributed by atoms with E-state index in [0.717, 1.165) is 33.7 Å². The van der Waals surface area contributed by atoms with Crippen LogP contribution in [0.5, 0.6) is 0 Å². The molecular formula is C19H21N5O3. The van der Waals surface area contributed by atoms with E-state index in [9.17, 15) is 0 Å². The number of hydrogen-bond acceptors (Lipinski definition) is 8. The molecule has 0 aliphatic heterocycles. The molecule has 1 atom stereocenters. The molecule has 1 N–H and O–H groups in total. The Hall–Kier alpha value is -3.00. The molecule has 0 aromatic carbocycles. The van der Waals surface area contributed by atoms with E-state index in [-0.39, 0.29) is 6.04 Å². The average molecular weight is 367 g/mol. The zero-order valence-corrected chi connectivity index (χ0v) is 16.0. The molecule has 0 saturated heterocycles. The van der Waals surface area contributed by atoms with Gasteiger partial charge in [0.1, 0.15) is 11.5 Å². The van der Waals surface area contributed by atoms with Crippen molar-refractivity contribution in [3.05, 3.63) is 35.2 Å². The standard InChI is InChI=1S/C19H21N5O3/c1-9(20-5)6-16-22-18(26-24-16)14-8-15(13-7-10(2)25-12(13)4)21-19-17(14)11(3)23-27-19/h7-9,20H,6H2,1-5H3. The van der Waals surface area contributed by atoms with Crippen LogP contribution in [-0.4, -0.2) is 33.4 Å². The molecule has 0 amide bonds. The van der Waals surface area contributed by atoms with E-state index >= 15 is 0 Å². The quantitative estimate of drug-likeness (QED) is 0.570. The Labute approximate surface area is 155 Å². The Morgan fingerprint density at radius 3 is 2.56 bits per heavy atom. The van der Waals surface area contributed by atoms with Crippen molar-refractivity contribution < 1.29 is 13.5 Å². The minimum absolute atomic E-state index is 0.248. The molecule has 0 spiro atoms. The maximum atomic E-state index is 5.65. The highest BCUT2D eigenvalue weighted by Gasteiger charge is 2.21. The second-order valence-electron chi connectivity index (χ2n) is 6.74. The molecule has 0 radical (unpaired) electrons. The molecule has 4 rings (SSSR count). The van der Waals surface area contributed by atoms with Gasteiger partial charge in [0.25, 0.3) is 11.6 Å². The van der Waals surface area contributed by atoms with Crippen molar-refractivity contribution in [2.45, 2.75) is 40.2 Å². The largest absolute Gasteiger partial charge is 0.466 e. The van der Waals surface area contributed by atoms with Crippen molar-refractivity contribution >= 4 is 11.1 Å². The summed E-state index contributed by atoms with van der Waals surface area (Å²) in [5.74, 6) is 2.67. The van der Waals surface area contributed by atoms with Crippen LogP contribution >= 0.6 is 0 Å². The minimum atomic E-state index is 0.248. The fourth-order valence-corrected chi connectivity index (χ4v) is 3.11. The van der Waals surface area contributed by atoms with E-state index in [0.29, 0.717) is 29.5 Å². The van der Waals surface area contributed by atoms with Crippen molar-refractivity contribution in [2.24, 2.45) is 0 Å². The van der Waals surface area contributed by atoms with Crippen LogP contribution in [0.1, 0.15) is 30.0 Å². The molecule has 140 valence electrons. The summed E-state index contributed by atoms with van der Waals surface area (Å²) in [6.07, 6.45) is 0.670. The summed E-state index contributed by atoms with van der Waals surface area (Å²) in [7, 11) is 1.90. The van der Waals surface area contributed by atoms with Crippen LogP contribution in [0.25, 0.3) is 33.8 Å². The number of rotatable bonds is 5. The zero-order chi connectivity index (χ0) is 19.1. The second-order valence-corrected chi connectivity index (χ2v) is 6.74. The van der Waals surface area contributed by atoms with Gasteiger partial charge in [0.2, 0.25) is 0 Å². The Morgan fingerprint density at radius 1 is 1.04 bits per heavy atom. The van der Waals surface area contributed by atoms with E-state index in [1.165, 1.54) is 0 Å². The second kappa shape index (κ2) is 6.62. The number of aromatic nitrogens is 4. The fraction of sp³-hybridized carbons (Fsp3) is 0.368. The number of likely N-dealkylation sites (N-methyl/N-ethyl adjacent to an activating group) is 1. The number of pyridine rings is 1. The lowest BCUT2D eigenvalue weighted by Gasteiger charge is -2.05. The minimum Gasteiger partial charge on any atom is -0.466 e.